The number of carbonyl (C=O) groups is 1. The molecule has 1 aromatic carbocycles. The van der Waals surface area contributed by atoms with Crippen LogP contribution in [-0.2, 0) is 0 Å². The molecule has 0 atom stereocenters. The number of nitrogen functional groups attached to an aromatic ring is 1. The van der Waals surface area contributed by atoms with E-state index in [0.29, 0.717) is 22.1 Å². The minimum Gasteiger partial charge on any atom is -0.321 e. The van der Waals surface area contributed by atoms with Crippen molar-refractivity contribution in [3.63, 3.8) is 0 Å². The molecule has 19 heavy (non-hydrogen) atoms. The van der Waals surface area contributed by atoms with Crippen molar-refractivity contribution >= 4 is 29.0 Å². The highest BCUT2D eigenvalue weighted by Crippen LogP contribution is 2.23. The Balaban J connectivity index is 2.18. The summed E-state index contributed by atoms with van der Waals surface area (Å²) in [6.45, 7) is 1.93. The second-order valence-corrected chi connectivity index (χ2v) is 4.42. The molecule has 0 aliphatic rings. The van der Waals surface area contributed by atoms with Crippen LogP contribution in [0.1, 0.15) is 15.9 Å². The summed E-state index contributed by atoms with van der Waals surface area (Å²) in [5, 5.41) is 3.23. The number of halogens is 1. The molecule has 1 heterocycles. The van der Waals surface area contributed by atoms with Crippen LogP contribution in [0.15, 0.2) is 36.5 Å². The normalized spacial score (nSPS) is 10.1. The maximum atomic E-state index is 12.0. The van der Waals surface area contributed by atoms with Crippen molar-refractivity contribution in [3.05, 3.63) is 52.7 Å². The third-order valence-electron chi connectivity index (χ3n) is 2.54. The number of nitrogens with zero attached hydrogens (tertiary/aromatic N) is 1. The average Bonchev–Trinajstić information content (AvgIpc) is 2.43. The Morgan fingerprint density at radius 3 is 2.74 bits per heavy atom. The van der Waals surface area contributed by atoms with Crippen LogP contribution in [0, 0.1) is 6.92 Å². The lowest BCUT2D eigenvalue weighted by atomic mass is 10.2. The Hall–Kier alpha value is -2.11. The van der Waals surface area contributed by atoms with E-state index in [4.69, 9.17) is 17.4 Å². The standard InChI is InChI=1S/C13H13ClN4O/c1-8-2-4-10(14)11(6-8)17-13(19)9-3-5-12(18-15)16-7-9/h2-7H,15H2,1H3,(H,16,18)(H,17,19). The van der Waals surface area contributed by atoms with Gasteiger partial charge in [0, 0.05) is 6.20 Å². The lowest BCUT2D eigenvalue weighted by Gasteiger charge is -2.08. The van der Waals surface area contributed by atoms with Gasteiger partial charge in [0.1, 0.15) is 5.82 Å². The van der Waals surface area contributed by atoms with Crippen LogP contribution in [0.25, 0.3) is 0 Å². The van der Waals surface area contributed by atoms with Crippen LogP contribution in [0.3, 0.4) is 0 Å². The molecule has 0 saturated heterocycles. The summed E-state index contributed by atoms with van der Waals surface area (Å²) < 4.78 is 0. The first kappa shape index (κ1) is 13.3. The van der Waals surface area contributed by atoms with Gasteiger partial charge in [0.05, 0.1) is 16.3 Å². The van der Waals surface area contributed by atoms with Crippen LogP contribution < -0.4 is 16.6 Å². The highest BCUT2D eigenvalue weighted by atomic mass is 35.5. The van der Waals surface area contributed by atoms with Gasteiger partial charge in [0.2, 0.25) is 0 Å². The number of rotatable bonds is 3. The summed E-state index contributed by atoms with van der Waals surface area (Å²) in [6, 6.07) is 8.67. The molecule has 6 heteroatoms. The van der Waals surface area contributed by atoms with Crippen molar-refractivity contribution in [1.82, 2.24) is 4.98 Å². The molecule has 5 nitrogen and oxygen atoms in total. The van der Waals surface area contributed by atoms with Gasteiger partial charge >= 0.3 is 0 Å². The van der Waals surface area contributed by atoms with E-state index >= 15 is 0 Å². The van der Waals surface area contributed by atoms with E-state index in [2.05, 4.69) is 15.7 Å². The van der Waals surface area contributed by atoms with Crippen molar-refractivity contribution < 1.29 is 4.79 Å². The number of carbonyl (C=O) groups excluding carboxylic acids is 1. The maximum absolute atomic E-state index is 12.0. The van der Waals surface area contributed by atoms with E-state index in [1.165, 1.54) is 6.20 Å². The fourth-order valence-corrected chi connectivity index (χ4v) is 1.71. The molecule has 0 aliphatic heterocycles. The number of hydrogen-bond donors (Lipinski definition) is 3. The molecule has 0 unspecified atom stereocenters. The first-order valence-corrected chi connectivity index (χ1v) is 5.98. The summed E-state index contributed by atoms with van der Waals surface area (Å²) >= 11 is 6.02. The molecule has 4 N–H and O–H groups in total. The van der Waals surface area contributed by atoms with Gasteiger partial charge in [-0.3, -0.25) is 4.79 Å². The molecule has 0 bridgehead atoms. The highest BCUT2D eigenvalue weighted by molar-refractivity contribution is 6.33. The molecule has 0 saturated carbocycles. The first-order chi connectivity index (χ1) is 9.10. The molecule has 0 radical (unpaired) electrons. The number of benzene rings is 1. The predicted octanol–water partition coefficient (Wildman–Crippen LogP) is 2.58. The number of nitrogens with two attached hydrogens (primary N) is 1. The van der Waals surface area contributed by atoms with Gasteiger partial charge in [-0.05, 0) is 36.8 Å². The number of nitrogens with one attached hydrogen (secondary N) is 2. The van der Waals surface area contributed by atoms with Gasteiger partial charge < -0.3 is 10.7 Å². The van der Waals surface area contributed by atoms with E-state index in [-0.39, 0.29) is 5.91 Å². The Bertz CT molecular complexity index is 598. The molecule has 2 rings (SSSR count). The van der Waals surface area contributed by atoms with E-state index in [1.54, 1.807) is 18.2 Å². The molecule has 1 amide bonds. The maximum Gasteiger partial charge on any atom is 0.257 e. The SMILES string of the molecule is Cc1ccc(Cl)c(NC(=O)c2ccc(NN)nc2)c1. The molecule has 0 aliphatic carbocycles. The van der Waals surface area contributed by atoms with Crippen molar-refractivity contribution in [2.75, 3.05) is 10.7 Å². The highest BCUT2D eigenvalue weighted by Gasteiger charge is 2.09. The van der Waals surface area contributed by atoms with Gasteiger partial charge in [-0.2, -0.15) is 0 Å². The second kappa shape index (κ2) is 5.69. The summed E-state index contributed by atoms with van der Waals surface area (Å²) in [6.07, 6.45) is 1.44. The monoisotopic (exact) mass is 276 g/mol. The zero-order valence-corrected chi connectivity index (χ0v) is 11.0. The molecular formula is C13H13ClN4O. The number of hydrazine groups is 1. The average molecular weight is 277 g/mol. The van der Waals surface area contributed by atoms with Gasteiger partial charge in [0.15, 0.2) is 0 Å². The zero-order chi connectivity index (χ0) is 13.8. The third-order valence-corrected chi connectivity index (χ3v) is 2.87. The quantitative estimate of drug-likeness (QED) is 0.595. The van der Waals surface area contributed by atoms with Crippen LogP contribution in [-0.4, -0.2) is 10.9 Å². The van der Waals surface area contributed by atoms with E-state index in [9.17, 15) is 4.79 Å². The number of aryl methyl sites for hydroxylation is 1. The van der Waals surface area contributed by atoms with Crippen molar-refractivity contribution in [2.45, 2.75) is 6.92 Å². The minimum atomic E-state index is -0.274. The Morgan fingerprint density at radius 1 is 1.32 bits per heavy atom. The summed E-state index contributed by atoms with van der Waals surface area (Å²) in [5.41, 5.74) is 4.41. The summed E-state index contributed by atoms with van der Waals surface area (Å²) in [5.74, 6) is 5.42. The van der Waals surface area contributed by atoms with Crippen molar-refractivity contribution in [3.8, 4) is 0 Å². The number of pyridine rings is 1. The fourth-order valence-electron chi connectivity index (χ4n) is 1.54. The number of aromatic nitrogens is 1. The fraction of sp³-hybridized carbons (Fsp3) is 0.0769. The Labute approximate surface area is 115 Å². The number of anilines is 2. The molecule has 1 aromatic heterocycles. The third kappa shape index (κ3) is 3.21. The molecule has 0 spiro atoms. The lowest BCUT2D eigenvalue weighted by Crippen LogP contribution is -2.14. The molecule has 2 aromatic rings. The molecule has 98 valence electrons. The molecular weight excluding hydrogens is 264 g/mol. The molecule has 0 fully saturated rings. The Morgan fingerprint density at radius 2 is 2.11 bits per heavy atom. The number of amides is 1. The topological polar surface area (TPSA) is 80.0 Å². The van der Waals surface area contributed by atoms with Gasteiger partial charge in [-0.1, -0.05) is 17.7 Å². The summed E-state index contributed by atoms with van der Waals surface area (Å²) in [7, 11) is 0. The van der Waals surface area contributed by atoms with E-state index in [1.807, 2.05) is 19.1 Å². The largest absolute Gasteiger partial charge is 0.321 e. The van der Waals surface area contributed by atoms with E-state index in [0.717, 1.165) is 5.56 Å². The van der Waals surface area contributed by atoms with Crippen molar-refractivity contribution in [1.29, 1.82) is 0 Å². The predicted molar refractivity (Wildman–Crippen MR) is 76.2 cm³/mol. The lowest BCUT2D eigenvalue weighted by molar-refractivity contribution is 0.102. The number of hydrogen-bond acceptors (Lipinski definition) is 4. The van der Waals surface area contributed by atoms with Crippen LogP contribution >= 0.6 is 11.6 Å². The van der Waals surface area contributed by atoms with E-state index < -0.39 is 0 Å². The smallest absolute Gasteiger partial charge is 0.257 e. The summed E-state index contributed by atoms with van der Waals surface area (Å²) in [4.78, 5) is 16.0. The minimum absolute atomic E-state index is 0.274. The van der Waals surface area contributed by atoms with Crippen LogP contribution in [0.2, 0.25) is 5.02 Å². The van der Waals surface area contributed by atoms with Crippen LogP contribution in [0.5, 0.6) is 0 Å². The second-order valence-electron chi connectivity index (χ2n) is 4.01. The van der Waals surface area contributed by atoms with Crippen LogP contribution in [0.4, 0.5) is 11.5 Å². The first-order valence-electron chi connectivity index (χ1n) is 5.60. The van der Waals surface area contributed by atoms with Crippen molar-refractivity contribution in [2.24, 2.45) is 5.84 Å². The Kier molecular flexibility index (Phi) is 3.99. The van der Waals surface area contributed by atoms with Gasteiger partial charge in [-0.15, -0.1) is 0 Å². The van der Waals surface area contributed by atoms with Gasteiger partial charge in [0.25, 0.3) is 5.91 Å². The zero-order valence-electron chi connectivity index (χ0n) is 10.3. The van der Waals surface area contributed by atoms with Gasteiger partial charge in [-0.25, -0.2) is 10.8 Å².